The van der Waals surface area contributed by atoms with Gasteiger partial charge >= 0.3 is 0 Å². The summed E-state index contributed by atoms with van der Waals surface area (Å²) in [6.45, 7) is 2.18. The molecule has 14 heavy (non-hydrogen) atoms. The number of hydrogen-bond acceptors (Lipinski definition) is 2. The minimum atomic E-state index is 1.09. The van der Waals surface area contributed by atoms with Gasteiger partial charge in [-0.1, -0.05) is 13.0 Å². The molecule has 0 aromatic heterocycles. The van der Waals surface area contributed by atoms with E-state index in [2.05, 4.69) is 63.1 Å². The van der Waals surface area contributed by atoms with Crippen LogP contribution in [0.2, 0.25) is 0 Å². The van der Waals surface area contributed by atoms with Crippen molar-refractivity contribution in [3.63, 3.8) is 0 Å². The monoisotopic (exact) mass is 192 g/mol. The fourth-order valence-corrected chi connectivity index (χ4v) is 1.53. The van der Waals surface area contributed by atoms with Gasteiger partial charge < -0.3 is 9.80 Å². The van der Waals surface area contributed by atoms with Crippen LogP contribution in [-0.2, 0) is 6.42 Å². The van der Waals surface area contributed by atoms with E-state index in [0.29, 0.717) is 0 Å². The van der Waals surface area contributed by atoms with Crippen molar-refractivity contribution < 1.29 is 0 Å². The summed E-state index contributed by atoms with van der Waals surface area (Å²) in [5.74, 6) is 0. The summed E-state index contributed by atoms with van der Waals surface area (Å²) < 4.78 is 0. The van der Waals surface area contributed by atoms with Gasteiger partial charge in [-0.25, -0.2) is 0 Å². The molecular formula is C12H20N2. The molecule has 2 nitrogen and oxygen atoms in total. The lowest BCUT2D eigenvalue weighted by Gasteiger charge is -2.23. The van der Waals surface area contributed by atoms with Crippen molar-refractivity contribution in [2.24, 2.45) is 0 Å². The molecule has 0 aliphatic heterocycles. The minimum absolute atomic E-state index is 1.09. The molecule has 1 rings (SSSR count). The second-order valence-electron chi connectivity index (χ2n) is 3.97. The first kappa shape index (κ1) is 10.9. The Bertz CT molecular complexity index is 303. The van der Waals surface area contributed by atoms with Crippen LogP contribution in [0, 0.1) is 0 Å². The standard InChI is InChI=1S/C12H20N2/c1-6-10-7-8-11(13(2)3)12(9-10)14(4)5/h7-9H,6H2,1-5H3. The molecule has 0 fully saturated rings. The number of rotatable bonds is 3. The number of aryl methyl sites for hydroxylation is 1. The maximum absolute atomic E-state index is 2.26. The van der Waals surface area contributed by atoms with Crippen molar-refractivity contribution in [3.8, 4) is 0 Å². The summed E-state index contributed by atoms with van der Waals surface area (Å²) >= 11 is 0. The van der Waals surface area contributed by atoms with Crippen LogP contribution in [0.25, 0.3) is 0 Å². The molecule has 0 saturated carbocycles. The average molecular weight is 192 g/mol. The Morgan fingerprint density at radius 1 is 0.929 bits per heavy atom. The zero-order valence-electron chi connectivity index (χ0n) is 9.83. The highest BCUT2D eigenvalue weighted by molar-refractivity contribution is 5.71. The fraction of sp³-hybridized carbons (Fsp3) is 0.500. The molecule has 0 unspecified atom stereocenters. The van der Waals surface area contributed by atoms with Gasteiger partial charge in [0.05, 0.1) is 11.4 Å². The third kappa shape index (κ3) is 2.19. The van der Waals surface area contributed by atoms with Gasteiger partial charge in [0.1, 0.15) is 0 Å². The number of benzene rings is 1. The van der Waals surface area contributed by atoms with Crippen LogP contribution >= 0.6 is 0 Å². The minimum Gasteiger partial charge on any atom is -0.376 e. The van der Waals surface area contributed by atoms with Gasteiger partial charge in [0.2, 0.25) is 0 Å². The zero-order valence-corrected chi connectivity index (χ0v) is 9.83. The van der Waals surface area contributed by atoms with E-state index in [1.165, 1.54) is 16.9 Å². The molecule has 0 heterocycles. The lowest BCUT2D eigenvalue weighted by Crippen LogP contribution is -2.16. The molecule has 0 atom stereocenters. The number of anilines is 2. The normalized spacial score (nSPS) is 10.1. The lowest BCUT2D eigenvalue weighted by atomic mass is 10.1. The smallest absolute Gasteiger partial charge is 0.0601 e. The number of hydrogen-bond donors (Lipinski definition) is 0. The third-order valence-corrected chi connectivity index (χ3v) is 2.41. The van der Waals surface area contributed by atoms with Crippen molar-refractivity contribution in [1.82, 2.24) is 0 Å². The van der Waals surface area contributed by atoms with Crippen LogP contribution in [0.4, 0.5) is 11.4 Å². The Balaban J connectivity index is 3.17. The van der Waals surface area contributed by atoms with E-state index in [4.69, 9.17) is 0 Å². The molecule has 0 saturated heterocycles. The van der Waals surface area contributed by atoms with E-state index in [-0.39, 0.29) is 0 Å². The highest BCUT2D eigenvalue weighted by Crippen LogP contribution is 2.27. The van der Waals surface area contributed by atoms with Crippen molar-refractivity contribution in [3.05, 3.63) is 23.8 Å². The summed E-state index contributed by atoms with van der Waals surface area (Å²) in [6, 6.07) is 6.64. The van der Waals surface area contributed by atoms with E-state index in [9.17, 15) is 0 Å². The van der Waals surface area contributed by atoms with Gasteiger partial charge in [-0.15, -0.1) is 0 Å². The van der Waals surface area contributed by atoms with E-state index in [1.807, 2.05) is 0 Å². The van der Waals surface area contributed by atoms with Gasteiger partial charge in [-0.3, -0.25) is 0 Å². The van der Waals surface area contributed by atoms with Crippen molar-refractivity contribution >= 4 is 11.4 Å². The number of nitrogens with zero attached hydrogens (tertiary/aromatic N) is 2. The summed E-state index contributed by atoms with van der Waals surface area (Å²) in [6.07, 6.45) is 1.09. The zero-order chi connectivity index (χ0) is 10.7. The van der Waals surface area contributed by atoms with Crippen LogP contribution in [-0.4, -0.2) is 28.2 Å². The predicted octanol–water partition coefficient (Wildman–Crippen LogP) is 2.38. The Morgan fingerprint density at radius 2 is 1.50 bits per heavy atom. The highest BCUT2D eigenvalue weighted by atomic mass is 15.1. The van der Waals surface area contributed by atoms with Crippen molar-refractivity contribution in [2.75, 3.05) is 38.0 Å². The quantitative estimate of drug-likeness (QED) is 0.725. The van der Waals surface area contributed by atoms with Crippen LogP contribution in [0.5, 0.6) is 0 Å². The Kier molecular flexibility index (Phi) is 3.39. The maximum atomic E-state index is 2.26. The molecule has 0 aliphatic carbocycles. The molecule has 0 aliphatic rings. The van der Waals surface area contributed by atoms with Crippen LogP contribution in [0.3, 0.4) is 0 Å². The van der Waals surface area contributed by atoms with Gasteiger partial charge in [-0.2, -0.15) is 0 Å². The molecule has 0 bridgehead atoms. The molecule has 1 aromatic rings. The molecule has 0 radical (unpaired) electrons. The first-order valence-corrected chi connectivity index (χ1v) is 5.03. The molecular weight excluding hydrogens is 172 g/mol. The maximum Gasteiger partial charge on any atom is 0.0601 e. The molecule has 1 aromatic carbocycles. The van der Waals surface area contributed by atoms with E-state index >= 15 is 0 Å². The molecule has 2 heteroatoms. The first-order valence-electron chi connectivity index (χ1n) is 5.03. The van der Waals surface area contributed by atoms with Crippen LogP contribution in [0.1, 0.15) is 12.5 Å². The largest absolute Gasteiger partial charge is 0.376 e. The second-order valence-corrected chi connectivity index (χ2v) is 3.97. The Labute approximate surface area is 87.1 Å². The van der Waals surface area contributed by atoms with Gasteiger partial charge in [-0.05, 0) is 24.1 Å². The predicted molar refractivity (Wildman–Crippen MR) is 64.5 cm³/mol. The van der Waals surface area contributed by atoms with Gasteiger partial charge in [0.15, 0.2) is 0 Å². The summed E-state index contributed by atoms with van der Waals surface area (Å²) in [7, 11) is 8.32. The summed E-state index contributed by atoms with van der Waals surface area (Å²) in [5, 5.41) is 0. The summed E-state index contributed by atoms with van der Waals surface area (Å²) in [5.41, 5.74) is 3.95. The molecule has 0 amide bonds. The summed E-state index contributed by atoms with van der Waals surface area (Å²) in [4.78, 5) is 4.31. The van der Waals surface area contributed by atoms with Crippen molar-refractivity contribution in [2.45, 2.75) is 13.3 Å². The lowest BCUT2D eigenvalue weighted by molar-refractivity contribution is 1.06. The third-order valence-electron chi connectivity index (χ3n) is 2.41. The van der Waals surface area contributed by atoms with Crippen LogP contribution < -0.4 is 9.80 Å². The van der Waals surface area contributed by atoms with E-state index in [1.54, 1.807) is 0 Å². The van der Waals surface area contributed by atoms with Crippen molar-refractivity contribution in [1.29, 1.82) is 0 Å². The molecule has 0 spiro atoms. The van der Waals surface area contributed by atoms with Crippen LogP contribution in [0.15, 0.2) is 18.2 Å². The topological polar surface area (TPSA) is 6.48 Å². The van der Waals surface area contributed by atoms with Gasteiger partial charge in [0.25, 0.3) is 0 Å². The molecule has 78 valence electrons. The van der Waals surface area contributed by atoms with E-state index in [0.717, 1.165) is 6.42 Å². The average Bonchev–Trinajstić information content (AvgIpc) is 2.16. The highest BCUT2D eigenvalue weighted by Gasteiger charge is 2.06. The first-order chi connectivity index (χ1) is 6.56. The van der Waals surface area contributed by atoms with Gasteiger partial charge in [0, 0.05) is 28.2 Å². The Hall–Kier alpha value is -1.18. The molecule has 0 N–H and O–H groups in total. The SMILES string of the molecule is CCc1ccc(N(C)C)c(N(C)C)c1. The Morgan fingerprint density at radius 3 is 1.93 bits per heavy atom. The fourth-order valence-electron chi connectivity index (χ4n) is 1.53. The second kappa shape index (κ2) is 4.36. The van der Waals surface area contributed by atoms with E-state index < -0.39 is 0 Å².